The van der Waals surface area contributed by atoms with E-state index in [-0.39, 0.29) is 5.78 Å². The Morgan fingerprint density at radius 1 is 1.29 bits per heavy atom. The van der Waals surface area contributed by atoms with Crippen LogP contribution in [0.2, 0.25) is 0 Å². The molecule has 0 N–H and O–H groups in total. The third-order valence-electron chi connectivity index (χ3n) is 5.28. The lowest BCUT2D eigenvalue weighted by Gasteiger charge is -2.18. The number of allylic oxidation sites excluding steroid dienone is 4. The van der Waals surface area contributed by atoms with Gasteiger partial charge in [-0.15, -0.1) is 0 Å². The van der Waals surface area contributed by atoms with Gasteiger partial charge in [0.1, 0.15) is 5.75 Å². The lowest BCUT2D eigenvalue weighted by atomic mass is 10.0. The van der Waals surface area contributed by atoms with Crippen LogP contribution in [0.1, 0.15) is 41.4 Å². The molecule has 0 bridgehead atoms. The molecule has 1 aromatic carbocycles. The number of carbonyl (C=O) groups excluding carboxylic acids is 1. The summed E-state index contributed by atoms with van der Waals surface area (Å²) in [4.78, 5) is 12.3. The molecule has 3 heteroatoms. The molecule has 1 aromatic heterocycles. The molecule has 2 aromatic rings. The van der Waals surface area contributed by atoms with E-state index in [1.165, 1.54) is 23.1 Å². The SMILES string of the molecule is COc1cc2c(c3c1cc(C(C)=O)n3CC1C=CC=CC1)CCC2. The molecule has 2 aliphatic rings. The number of aryl methyl sites for hydroxylation is 2. The quantitative estimate of drug-likeness (QED) is 0.778. The highest BCUT2D eigenvalue weighted by Gasteiger charge is 2.24. The van der Waals surface area contributed by atoms with E-state index in [4.69, 9.17) is 4.74 Å². The normalized spacial score (nSPS) is 19.0. The zero-order chi connectivity index (χ0) is 16.7. The van der Waals surface area contributed by atoms with Crippen molar-refractivity contribution in [3.63, 3.8) is 0 Å². The van der Waals surface area contributed by atoms with Gasteiger partial charge in [-0.1, -0.05) is 24.3 Å². The first kappa shape index (κ1) is 15.3. The second-order valence-electron chi connectivity index (χ2n) is 6.84. The van der Waals surface area contributed by atoms with Gasteiger partial charge < -0.3 is 9.30 Å². The van der Waals surface area contributed by atoms with Crippen molar-refractivity contribution in [3.8, 4) is 5.75 Å². The maximum atomic E-state index is 12.3. The second-order valence-corrected chi connectivity index (χ2v) is 6.84. The smallest absolute Gasteiger partial charge is 0.176 e. The number of carbonyl (C=O) groups is 1. The minimum Gasteiger partial charge on any atom is -0.496 e. The molecule has 0 saturated carbocycles. The molecule has 24 heavy (non-hydrogen) atoms. The number of hydrogen-bond donors (Lipinski definition) is 0. The van der Waals surface area contributed by atoms with Gasteiger partial charge >= 0.3 is 0 Å². The van der Waals surface area contributed by atoms with Crippen LogP contribution in [0.15, 0.2) is 36.4 Å². The lowest BCUT2D eigenvalue weighted by molar-refractivity contribution is 0.100. The zero-order valence-electron chi connectivity index (χ0n) is 14.3. The summed E-state index contributed by atoms with van der Waals surface area (Å²) in [5.74, 6) is 1.45. The predicted octanol–water partition coefficient (Wildman–Crippen LogP) is 4.47. The number of ketones is 1. The van der Waals surface area contributed by atoms with Crippen LogP contribution in [0.4, 0.5) is 0 Å². The molecule has 1 atom stereocenters. The fourth-order valence-corrected chi connectivity index (χ4v) is 4.15. The summed E-state index contributed by atoms with van der Waals surface area (Å²) in [5, 5.41) is 1.08. The molecule has 0 aliphatic heterocycles. The molecule has 0 fully saturated rings. The van der Waals surface area contributed by atoms with Crippen molar-refractivity contribution in [1.29, 1.82) is 0 Å². The molecule has 124 valence electrons. The van der Waals surface area contributed by atoms with Crippen LogP contribution in [0.3, 0.4) is 0 Å². The Labute approximate surface area is 142 Å². The predicted molar refractivity (Wildman–Crippen MR) is 96.9 cm³/mol. The molecule has 2 aliphatic carbocycles. The highest BCUT2D eigenvalue weighted by Crippen LogP contribution is 2.39. The Balaban J connectivity index is 1.93. The summed E-state index contributed by atoms with van der Waals surface area (Å²) in [6, 6.07) is 4.19. The largest absolute Gasteiger partial charge is 0.496 e. The van der Waals surface area contributed by atoms with E-state index in [0.717, 1.165) is 42.6 Å². The first-order valence-corrected chi connectivity index (χ1v) is 8.75. The monoisotopic (exact) mass is 321 g/mol. The molecule has 4 rings (SSSR count). The number of Topliss-reactive ketones (excluding diaryl/α,β-unsaturated/α-hetero) is 1. The van der Waals surface area contributed by atoms with Crippen molar-refractivity contribution >= 4 is 16.7 Å². The van der Waals surface area contributed by atoms with Gasteiger partial charge in [-0.25, -0.2) is 0 Å². The fraction of sp³-hybridized carbons (Fsp3) is 0.381. The molecule has 1 unspecified atom stereocenters. The summed E-state index contributed by atoms with van der Waals surface area (Å²) in [6.07, 6.45) is 13.1. The van der Waals surface area contributed by atoms with Gasteiger partial charge in [0.25, 0.3) is 0 Å². The number of rotatable bonds is 4. The van der Waals surface area contributed by atoms with Crippen LogP contribution >= 0.6 is 0 Å². The number of aromatic nitrogens is 1. The second kappa shape index (κ2) is 5.97. The number of fused-ring (bicyclic) bond motifs is 3. The molecule has 1 heterocycles. The molecular formula is C21H23NO2. The Morgan fingerprint density at radius 2 is 2.17 bits per heavy atom. The third-order valence-corrected chi connectivity index (χ3v) is 5.28. The highest BCUT2D eigenvalue weighted by molar-refractivity contribution is 6.02. The molecule has 0 spiro atoms. The summed E-state index contributed by atoms with van der Waals surface area (Å²) < 4.78 is 7.89. The summed E-state index contributed by atoms with van der Waals surface area (Å²) in [5.41, 5.74) is 4.81. The van der Waals surface area contributed by atoms with Crippen LogP contribution < -0.4 is 4.74 Å². The topological polar surface area (TPSA) is 31.2 Å². The minimum absolute atomic E-state index is 0.121. The molecule has 0 radical (unpaired) electrons. The number of nitrogens with zero attached hydrogens (tertiary/aromatic N) is 1. The van der Waals surface area contributed by atoms with Crippen LogP contribution in [0.5, 0.6) is 5.75 Å². The summed E-state index contributed by atoms with van der Waals surface area (Å²) >= 11 is 0. The Morgan fingerprint density at radius 3 is 2.88 bits per heavy atom. The summed E-state index contributed by atoms with van der Waals surface area (Å²) in [6.45, 7) is 2.51. The number of hydrogen-bond acceptors (Lipinski definition) is 2. The van der Waals surface area contributed by atoms with Crippen LogP contribution in [-0.4, -0.2) is 17.5 Å². The fourth-order valence-electron chi connectivity index (χ4n) is 4.15. The van der Waals surface area contributed by atoms with Gasteiger partial charge in [-0.05, 0) is 54.9 Å². The van der Waals surface area contributed by atoms with E-state index in [1.807, 2.05) is 6.07 Å². The van der Waals surface area contributed by atoms with Crippen LogP contribution in [0.25, 0.3) is 10.9 Å². The summed E-state index contributed by atoms with van der Waals surface area (Å²) in [7, 11) is 1.72. The van der Waals surface area contributed by atoms with Crippen molar-refractivity contribution in [2.75, 3.05) is 7.11 Å². The van der Waals surface area contributed by atoms with Gasteiger partial charge in [0, 0.05) is 18.9 Å². The third kappa shape index (κ3) is 2.39. The first-order valence-electron chi connectivity index (χ1n) is 8.75. The average molecular weight is 321 g/mol. The van der Waals surface area contributed by atoms with Gasteiger partial charge in [0.2, 0.25) is 0 Å². The van der Waals surface area contributed by atoms with Crippen molar-refractivity contribution in [1.82, 2.24) is 4.57 Å². The van der Waals surface area contributed by atoms with Gasteiger partial charge in [0.15, 0.2) is 5.78 Å². The van der Waals surface area contributed by atoms with E-state index in [1.54, 1.807) is 14.0 Å². The van der Waals surface area contributed by atoms with Gasteiger partial charge in [-0.2, -0.15) is 0 Å². The number of benzene rings is 1. The van der Waals surface area contributed by atoms with Gasteiger partial charge in [-0.3, -0.25) is 4.79 Å². The standard InChI is InChI=1S/C21H23NO2/c1-14(23)19-12-18-20(24-2)11-16-9-6-10-17(16)21(18)22(19)13-15-7-4-3-5-8-15/h3-5,7,11-12,15H,6,8-10,13H2,1-2H3. The number of methoxy groups -OCH3 is 1. The van der Waals surface area contributed by atoms with E-state index in [0.29, 0.717) is 5.92 Å². The van der Waals surface area contributed by atoms with Crippen LogP contribution in [-0.2, 0) is 19.4 Å². The van der Waals surface area contributed by atoms with Crippen molar-refractivity contribution in [2.45, 2.75) is 39.2 Å². The zero-order valence-corrected chi connectivity index (χ0v) is 14.3. The number of ether oxygens (including phenoxy) is 1. The van der Waals surface area contributed by atoms with Crippen molar-refractivity contribution < 1.29 is 9.53 Å². The van der Waals surface area contributed by atoms with E-state index >= 15 is 0 Å². The van der Waals surface area contributed by atoms with E-state index in [9.17, 15) is 4.79 Å². The van der Waals surface area contributed by atoms with Crippen molar-refractivity contribution in [2.24, 2.45) is 5.92 Å². The van der Waals surface area contributed by atoms with E-state index < -0.39 is 0 Å². The highest BCUT2D eigenvalue weighted by atomic mass is 16.5. The first-order chi connectivity index (χ1) is 11.7. The molecule has 0 amide bonds. The Kier molecular flexibility index (Phi) is 3.79. The molecule has 0 saturated heterocycles. The van der Waals surface area contributed by atoms with Crippen LogP contribution in [0, 0.1) is 5.92 Å². The van der Waals surface area contributed by atoms with Gasteiger partial charge in [0.05, 0.1) is 18.3 Å². The molecule has 3 nitrogen and oxygen atoms in total. The maximum Gasteiger partial charge on any atom is 0.176 e. The maximum absolute atomic E-state index is 12.3. The van der Waals surface area contributed by atoms with E-state index in [2.05, 4.69) is 34.9 Å². The minimum atomic E-state index is 0.121. The Hall–Kier alpha value is -2.29. The lowest BCUT2D eigenvalue weighted by Crippen LogP contribution is -2.14. The molecular weight excluding hydrogens is 298 g/mol. The van der Waals surface area contributed by atoms with Crippen molar-refractivity contribution in [3.05, 3.63) is 53.3 Å². The Bertz CT molecular complexity index is 870. The average Bonchev–Trinajstić information content (AvgIpc) is 3.19.